The van der Waals surface area contributed by atoms with Gasteiger partial charge in [-0.05, 0) is 24.3 Å². The molecule has 112 valence electrons. The maximum atomic E-state index is 12.5. The summed E-state index contributed by atoms with van der Waals surface area (Å²) in [5.41, 5.74) is 1.32. The fourth-order valence-corrected chi connectivity index (χ4v) is 2.58. The number of benzene rings is 2. The van der Waals surface area contributed by atoms with Crippen LogP contribution in [0.15, 0.2) is 53.3 Å². The fraction of sp³-hybridized carbons (Fsp3) is 0.176. The summed E-state index contributed by atoms with van der Waals surface area (Å²) >= 11 is 0. The topological polar surface area (TPSA) is 68.5 Å². The largest absolute Gasteiger partial charge is 0.462 e. The van der Waals surface area contributed by atoms with Crippen molar-refractivity contribution in [2.75, 3.05) is 13.2 Å². The molecule has 2 aromatic carbocycles. The average molecular weight is 297 g/mol. The second kappa shape index (κ2) is 5.99. The van der Waals surface area contributed by atoms with Crippen LogP contribution in [-0.2, 0) is 16.1 Å². The lowest BCUT2D eigenvalue weighted by molar-refractivity contribution is -0.145. The SMILES string of the molecule is O=C(Cn1c2ccccc2c(=O)c2ccccc21)OCCO. The Hall–Kier alpha value is -2.66. The van der Waals surface area contributed by atoms with E-state index < -0.39 is 5.97 Å². The maximum Gasteiger partial charge on any atom is 0.326 e. The summed E-state index contributed by atoms with van der Waals surface area (Å²) < 4.78 is 6.70. The number of aromatic nitrogens is 1. The van der Waals surface area contributed by atoms with E-state index in [9.17, 15) is 9.59 Å². The van der Waals surface area contributed by atoms with Gasteiger partial charge in [0, 0.05) is 10.8 Å². The van der Waals surface area contributed by atoms with Crippen molar-refractivity contribution < 1.29 is 14.6 Å². The van der Waals surface area contributed by atoms with Gasteiger partial charge in [-0.2, -0.15) is 0 Å². The summed E-state index contributed by atoms with van der Waals surface area (Å²) in [6.45, 7) is -0.256. The molecule has 0 aliphatic carbocycles. The Morgan fingerprint density at radius 2 is 1.55 bits per heavy atom. The van der Waals surface area contributed by atoms with E-state index in [0.29, 0.717) is 21.8 Å². The first-order valence-corrected chi connectivity index (χ1v) is 6.99. The lowest BCUT2D eigenvalue weighted by Crippen LogP contribution is -2.19. The Bertz CT molecular complexity index is 838. The minimum Gasteiger partial charge on any atom is -0.462 e. The molecule has 0 fully saturated rings. The number of fused-ring (bicyclic) bond motifs is 2. The van der Waals surface area contributed by atoms with Crippen molar-refractivity contribution in [1.29, 1.82) is 0 Å². The minimum absolute atomic E-state index is 0.0126. The van der Waals surface area contributed by atoms with Gasteiger partial charge in [-0.15, -0.1) is 0 Å². The van der Waals surface area contributed by atoms with Gasteiger partial charge in [0.1, 0.15) is 13.2 Å². The molecule has 0 atom stereocenters. The monoisotopic (exact) mass is 297 g/mol. The summed E-state index contributed by atoms with van der Waals surface area (Å²) in [5.74, 6) is -0.451. The first kappa shape index (κ1) is 14.3. The molecule has 5 nitrogen and oxygen atoms in total. The number of carbonyl (C=O) groups excluding carboxylic acids is 1. The predicted molar refractivity (Wildman–Crippen MR) is 83.8 cm³/mol. The first-order chi connectivity index (χ1) is 10.7. The van der Waals surface area contributed by atoms with Crippen molar-refractivity contribution in [2.24, 2.45) is 0 Å². The maximum absolute atomic E-state index is 12.5. The van der Waals surface area contributed by atoms with E-state index >= 15 is 0 Å². The molecule has 0 bridgehead atoms. The zero-order valence-corrected chi connectivity index (χ0v) is 11.9. The van der Waals surface area contributed by atoms with Crippen molar-refractivity contribution in [3.8, 4) is 0 Å². The Morgan fingerprint density at radius 3 is 2.09 bits per heavy atom. The standard InChI is InChI=1S/C17H15NO4/c19-9-10-22-16(20)11-18-14-7-3-1-5-12(14)17(21)13-6-2-4-8-15(13)18/h1-8,19H,9-11H2. The number of ether oxygens (including phenoxy) is 1. The second-order valence-electron chi connectivity index (χ2n) is 4.89. The Kier molecular flexibility index (Phi) is 3.89. The molecular weight excluding hydrogens is 282 g/mol. The highest BCUT2D eigenvalue weighted by molar-refractivity contribution is 5.94. The Morgan fingerprint density at radius 1 is 1.00 bits per heavy atom. The number of nitrogens with zero attached hydrogens (tertiary/aromatic N) is 1. The van der Waals surface area contributed by atoms with Crippen LogP contribution in [-0.4, -0.2) is 28.9 Å². The first-order valence-electron chi connectivity index (χ1n) is 6.99. The molecule has 0 aliphatic heterocycles. The Labute approximate surface area is 126 Å². The summed E-state index contributed by atoms with van der Waals surface area (Å²) in [4.78, 5) is 24.4. The third-order valence-electron chi connectivity index (χ3n) is 3.52. The third kappa shape index (κ3) is 2.46. The summed E-state index contributed by atoms with van der Waals surface area (Å²) in [7, 11) is 0. The number of aliphatic hydroxyl groups excluding tert-OH is 1. The number of hydrogen-bond donors (Lipinski definition) is 1. The number of para-hydroxylation sites is 2. The molecule has 22 heavy (non-hydrogen) atoms. The van der Waals surface area contributed by atoms with Crippen LogP contribution in [0.2, 0.25) is 0 Å². The quantitative estimate of drug-likeness (QED) is 0.588. The zero-order chi connectivity index (χ0) is 15.5. The normalized spacial score (nSPS) is 11.0. The van der Waals surface area contributed by atoms with Crippen molar-refractivity contribution in [3.63, 3.8) is 0 Å². The van der Waals surface area contributed by atoms with Crippen LogP contribution in [0.3, 0.4) is 0 Å². The smallest absolute Gasteiger partial charge is 0.326 e. The molecule has 1 heterocycles. The van der Waals surface area contributed by atoms with Gasteiger partial charge < -0.3 is 14.4 Å². The second-order valence-corrected chi connectivity index (χ2v) is 4.89. The van der Waals surface area contributed by atoms with Crippen molar-refractivity contribution in [1.82, 2.24) is 4.57 Å². The molecule has 3 aromatic rings. The van der Waals surface area contributed by atoms with Crippen LogP contribution in [0.1, 0.15) is 0 Å². The van der Waals surface area contributed by atoms with Gasteiger partial charge in [-0.3, -0.25) is 9.59 Å². The van der Waals surface area contributed by atoms with Crippen LogP contribution in [0.4, 0.5) is 0 Å². The molecule has 0 saturated carbocycles. The van der Waals surface area contributed by atoms with E-state index in [-0.39, 0.29) is 25.2 Å². The van der Waals surface area contributed by atoms with Crippen LogP contribution in [0, 0.1) is 0 Å². The van der Waals surface area contributed by atoms with Crippen LogP contribution < -0.4 is 5.43 Å². The van der Waals surface area contributed by atoms with Crippen LogP contribution in [0.25, 0.3) is 21.8 Å². The molecule has 3 rings (SSSR count). The van der Waals surface area contributed by atoms with Gasteiger partial charge in [0.25, 0.3) is 0 Å². The number of esters is 1. The summed E-state index contributed by atoms with van der Waals surface area (Å²) in [5, 5.41) is 9.87. The van der Waals surface area contributed by atoms with Crippen LogP contribution >= 0.6 is 0 Å². The van der Waals surface area contributed by atoms with E-state index in [4.69, 9.17) is 9.84 Å². The summed E-state index contributed by atoms with van der Waals surface area (Å²) in [6, 6.07) is 14.4. The molecule has 0 spiro atoms. The molecule has 5 heteroatoms. The van der Waals surface area contributed by atoms with Crippen molar-refractivity contribution in [3.05, 3.63) is 58.8 Å². The average Bonchev–Trinajstić information content (AvgIpc) is 2.57. The van der Waals surface area contributed by atoms with Gasteiger partial charge in [0.2, 0.25) is 0 Å². The molecule has 0 unspecified atom stereocenters. The van der Waals surface area contributed by atoms with E-state index in [1.54, 1.807) is 28.8 Å². The molecule has 0 aliphatic rings. The van der Waals surface area contributed by atoms with Crippen LogP contribution in [0.5, 0.6) is 0 Å². The number of carbonyl (C=O) groups is 1. The van der Waals surface area contributed by atoms with Gasteiger partial charge in [0.15, 0.2) is 5.43 Å². The number of aliphatic hydroxyl groups is 1. The van der Waals surface area contributed by atoms with E-state index in [1.807, 2.05) is 24.3 Å². The minimum atomic E-state index is -0.451. The predicted octanol–water partition coefficient (Wildman–Crippen LogP) is 1.69. The lowest BCUT2D eigenvalue weighted by Gasteiger charge is -2.14. The van der Waals surface area contributed by atoms with Gasteiger partial charge in [0.05, 0.1) is 17.6 Å². The highest BCUT2D eigenvalue weighted by Gasteiger charge is 2.13. The van der Waals surface area contributed by atoms with E-state index in [2.05, 4.69) is 0 Å². The molecule has 0 radical (unpaired) electrons. The van der Waals surface area contributed by atoms with Gasteiger partial charge in [-0.1, -0.05) is 24.3 Å². The van der Waals surface area contributed by atoms with E-state index in [1.165, 1.54) is 0 Å². The van der Waals surface area contributed by atoms with Crippen molar-refractivity contribution >= 4 is 27.8 Å². The van der Waals surface area contributed by atoms with Gasteiger partial charge >= 0.3 is 5.97 Å². The highest BCUT2D eigenvalue weighted by atomic mass is 16.5. The third-order valence-corrected chi connectivity index (χ3v) is 3.52. The highest BCUT2D eigenvalue weighted by Crippen LogP contribution is 2.19. The number of hydrogen-bond acceptors (Lipinski definition) is 4. The fourth-order valence-electron chi connectivity index (χ4n) is 2.58. The number of pyridine rings is 1. The lowest BCUT2D eigenvalue weighted by atomic mass is 10.1. The molecule has 0 amide bonds. The van der Waals surface area contributed by atoms with E-state index in [0.717, 1.165) is 0 Å². The Balaban J connectivity index is 2.23. The molecule has 0 saturated heterocycles. The summed E-state index contributed by atoms with van der Waals surface area (Å²) in [6.07, 6.45) is 0. The van der Waals surface area contributed by atoms with Gasteiger partial charge in [-0.25, -0.2) is 0 Å². The molecular formula is C17H15NO4. The number of rotatable bonds is 4. The molecule has 1 N–H and O–H groups in total. The molecule has 1 aromatic heterocycles. The van der Waals surface area contributed by atoms with Crippen molar-refractivity contribution in [2.45, 2.75) is 6.54 Å². The zero-order valence-electron chi connectivity index (χ0n) is 11.9.